The number of hydrogen-bond acceptors (Lipinski definition) is 4. The van der Waals surface area contributed by atoms with E-state index in [1.54, 1.807) is 12.2 Å². The third kappa shape index (κ3) is 42.8. The molecule has 146 valence electrons. The van der Waals surface area contributed by atoms with Crippen LogP contribution in [0.4, 0.5) is 0 Å². The molecule has 0 aliphatic rings. The minimum atomic E-state index is -0.935. The predicted molar refractivity (Wildman–Crippen MR) is 98.9 cm³/mol. The lowest BCUT2D eigenvalue weighted by atomic mass is 10.4. The molecule has 0 aliphatic heterocycles. The monoisotopic (exact) mass is 370 g/mol. The largest absolute Gasteiger partial charge is 0.478 e. The fraction of sp³-hybridized carbons (Fsp3) is 0.222. The van der Waals surface area contributed by atoms with E-state index < -0.39 is 23.9 Å². The molecule has 0 spiro atoms. The number of aliphatic carboxylic acids is 4. The van der Waals surface area contributed by atoms with Crippen LogP contribution >= 0.6 is 0 Å². The van der Waals surface area contributed by atoms with Crippen LogP contribution in [0.2, 0.25) is 0 Å². The van der Waals surface area contributed by atoms with E-state index in [-0.39, 0.29) is 16.7 Å². The van der Waals surface area contributed by atoms with E-state index in [9.17, 15) is 19.2 Å². The van der Waals surface area contributed by atoms with Crippen molar-refractivity contribution in [3.05, 3.63) is 60.8 Å². The highest BCUT2D eigenvalue weighted by molar-refractivity contribution is 5.85. The van der Waals surface area contributed by atoms with E-state index in [0.29, 0.717) is 0 Å². The summed E-state index contributed by atoms with van der Waals surface area (Å²) < 4.78 is 0. The zero-order valence-electron chi connectivity index (χ0n) is 15.4. The summed E-state index contributed by atoms with van der Waals surface area (Å²) >= 11 is 0. The molecule has 0 atom stereocenters. The van der Waals surface area contributed by atoms with E-state index in [0.717, 1.165) is 6.08 Å². The van der Waals surface area contributed by atoms with E-state index in [1.165, 1.54) is 26.8 Å². The number of carboxylic acid groups (broad SMARTS) is 4. The fourth-order valence-corrected chi connectivity index (χ4v) is 0.249. The normalized spacial score (nSPS) is 8.62. The summed E-state index contributed by atoms with van der Waals surface area (Å²) in [5.74, 6) is -3.72. The molecule has 0 heterocycles. The molecular formula is C18H26O8. The molecule has 0 amide bonds. The molecule has 4 N–H and O–H groups in total. The maximum Gasteiger partial charge on any atom is 0.330 e. The highest BCUT2D eigenvalue weighted by Gasteiger charge is 1.91. The number of rotatable bonds is 5. The van der Waals surface area contributed by atoms with E-state index in [2.05, 4.69) is 19.7 Å². The molecule has 0 saturated carbocycles. The first-order chi connectivity index (χ1) is 11.7. The van der Waals surface area contributed by atoms with Gasteiger partial charge in [0.05, 0.1) is 0 Å². The Labute approximate surface area is 152 Å². The predicted octanol–water partition coefficient (Wildman–Crippen LogP) is 3.14. The van der Waals surface area contributed by atoms with Gasteiger partial charge in [-0.25, -0.2) is 19.2 Å². The van der Waals surface area contributed by atoms with Crippen LogP contribution in [0.15, 0.2) is 60.8 Å². The quantitative estimate of drug-likeness (QED) is 0.426. The molecule has 0 aromatic heterocycles. The summed E-state index contributed by atoms with van der Waals surface area (Å²) in [7, 11) is 0. The Bertz CT molecular complexity index is 487. The second-order valence-corrected chi connectivity index (χ2v) is 4.48. The third-order valence-electron chi connectivity index (χ3n) is 1.64. The molecule has 0 radical (unpaired) electrons. The Morgan fingerprint density at radius 3 is 1.00 bits per heavy atom. The lowest BCUT2D eigenvalue weighted by Gasteiger charge is -1.79. The minimum Gasteiger partial charge on any atom is -0.478 e. The molecule has 0 aliphatic carbocycles. The molecule has 0 unspecified atom stereocenters. The molecule has 0 saturated heterocycles. The third-order valence-corrected chi connectivity index (χ3v) is 1.64. The zero-order valence-corrected chi connectivity index (χ0v) is 15.4. The molecule has 0 fully saturated rings. The first kappa shape index (κ1) is 30.5. The van der Waals surface area contributed by atoms with Crippen molar-refractivity contribution in [2.75, 3.05) is 0 Å². The minimum absolute atomic E-state index is 0.176. The summed E-state index contributed by atoms with van der Waals surface area (Å²) in [5, 5.41) is 31.7. The van der Waals surface area contributed by atoms with Crippen molar-refractivity contribution in [1.82, 2.24) is 0 Å². The molecule has 0 bridgehead atoms. The van der Waals surface area contributed by atoms with Crippen LogP contribution in [0.3, 0.4) is 0 Å². The van der Waals surface area contributed by atoms with Gasteiger partial charge in [0, 0.05) is 22.8 Å². The Morgan fingerprint density at radius 1 is 0.654 bits per heavy atom. The van der Waals surface area contributed by atoms with E-state index >= 15 is 0 Å². The topological polar surface area (TPSA) is 149 Å². The lowest BCUT2D eigenvalue weighted by Crippen LogP contribution is -1.92. The number of allylic oxidation sites excluding steroid dienone is 3. The smallest absolute Gasteiger partial charge is 0.330 e. The van der Waals surface area contributed by atoms with Gasteiger partial charge in [0.1, 0.15) is 0 Å². The number of carboxylic acids is 4. The van der Waals surface area contributed by atoms with Crippen LogP contribution in [0.25, 0.3) is 0 Å². The van der Waals surface area contributed by atoms with Gasteiger partial charge in [-0.05, 0) is 27.7 Å². The lowest BCUT2D eigenvalue weighted by molar-refractivity contribution is -0.133. The molecule has 0 rings (SSSR count). The van der Waals surface area contributed by atoms with Gasteiger partial charge < -0.3 is 20.4 Å². The molecular weight excluding hydrogens is 344 g/mol. The van der Waals surface area contributed by atoms with Crippen LogP contribution in [0.5, 0.6) is 0 Å². The second kappa shape index (κ2) is 19.6. The zero-order chi connectivity index (χ0) is 21.9. The van der Waals surface area contributed by atoms with Crippen molar-refractivity contribution in [1.29, 1.82) is 0 Å². The maximum absolute atomic E-state index is 9.75. The molecule has 0 aromatic carbocycles. The summed E-state index contributed by atoms with van der Waals surface area (Å²) in [6, 6.07) is 0. The van der Waals surface area contributed by atoms with Crippen LogP contribution in [-0.4, -0.2) is 44.3 Å². The standard InChI is InChI=1S/C6H8O2.3C4H6O2/c1-2-3-4-5-6(7)8;3*1-3(2)4(5)6/h2-5H,1H3,(H,7,8);3*1H2,2H3,(H,5,6)/b3-2+,5-4+;;;. The first-order valence-electron chi connectivity index (χ1n) is 6.89. The highest BCUT2D eigenvalue weighted by Crippen LogP contribution is 1.82. The maximum atomic E-state index is 9.75. The van der Waals surface area contributed by atoms with Crippen molar-refractivity contribution in [2.24, 2.45) is 0 Å². The Hall–Kier alpha value is -3.42. The SMILES string of the molecule is C/C=C/C=C/C(=O)O.C=C(C)C(=O)O.C=C(C)C(=O)O.C=C(C)C(=O)O. The first-order valence-corrected chi connectivity index (χ1v) is 6.89. The molecule has 8 heteroatoms. The van der Waals surface area contributed by atoms with Crippen LogP contribution in [0.1, 0.15) is 27.7 Å². The van der Waals surface area contributed by atoms with Gasteiger partial charge in [-0.15, -0.1) is 0 Å². The van der Waals surface area contributed by atoms with Crippen molar-refractivity contribution in [3.8, 4) is 0 Å². The molecule has 8 nitrogen and oxygen atoms in total. The Morgan fingerprint density at radius 2 is 0.885 bits per heavy atom. The van der Waals surface area contributed by atoms with E-state index in [1.807, 2.05) is 6.92 Å². The van der Waals surface area contributed by atoms with Crippen molar-refractivity contribution < 1.29 is 39.6 Å². The Kier molecular flexibility index (Phi) is 23.0. The van der Waals surface area contributed by atoms with Gasteiger partial charge in [-0.2, -0.15) is 0 Å². The van der Waals surface area contributed by atoms with E-state index in [4.69, 9.17) is 20.4 Å². The average molecular weight is 370 g/mol. The second-order valence-electron chi connectivity index (χ2n) is 4.48. The average Bonchev–Trinajstić information content (AvgIpc) is 2.48. The summed E-state index contributed by atoms with van der Waals surface area (Å²) in [4.78, 5) is 38.6. The van der Waals surface area contributed by atoms with Crippen LogP contribution in [0, 0.1) is 0 Å². The summed E-state index contributed by atoms with van der Waals surface area (Å²) in [5.41, 5.74) is 0.528. The fourth-order valence-electron chi connectivity index (χ4n) is 0.249. The van der Waals surface area contributed by atoms with Crippen LogP contribution < -0.4 is 0 Å². The number of hydrogen-bond donors (Lipinski definition) is 4. The van der Waals surface area contributed by atoms with Crippen LogP contribution in [-0.2, 0) is 19.2 Å². The number of carbonyl (C=O) groups is 4. The van der Waals surface area contributed by atoms with Gasteiger partial charge in [0.2, 0.25) is 0 Å². The van der Waals surface area contributed by atoms with Crippen molar-refractivity contribution in [3.63, 3.8) is 0 Å². The van der Waals surface area contributed by atoms with Gasteiger partial charge in [-0.3, -0.25) is 0 Å². The summed E-state index contributed by atoms with van der Waals surface area (Å²) in [6.45, 7) is 15.6. The van der Waals surface area contributed by atoms with Crippen molar-refractivity contribution in [2.45, 2.75) is 27.7 Å². The van der Waals surface area contributed by atoms with Gasteiger partial charge in [-0.1, -0.05) is 38.0 Å². The van der Waals surface area contributed by atoms with Gasteiger partial charge in [0.25, 0.3) is 0 Å². The van der Waals surface area contributed by atoms with Gasteiger partial charge >= 0.3 is 23.9 Å². The Balaban J connectivity index is -0.000000125. The molecule has 0 aromatic rings. The molecule has 26 heavy (non-hydrogen) atoms. The summed E-state index contributed by atoms with van der Waals surface area (Å²) in [6.07, 6.45) is 5.98. The van der Waals surface area contributed by atoms with Gasteiger partial charge in [0.15, 0.2) is 0 Å². The van der Waals surface area contributed by atoms with Crippen molar-refractivity contribution >= 4 is 23.9 Å². The highest BCUT2D eigenvalue weighted by atomic mass is 16.4.